The first-order valence-electron chi connectivity index (χ1n) is 11.7. The normalized spacial score (nSPS) is 18.9. The minimum Gasteiger partial charge on any atom is -0.497 e. The first-order valence-corrected chi connectivity index (χ1v) is 13.1. The van der Waals surface area contributed by atoms with E-state index in [0.29, 0.717) is 35.3 Å². The number of anilines is 1. The highest BCUT2D eigenvalue weighted by atomic mass is 32.2. The van der Waals surface area contributed by atoms with E-state index in [9.17, 15) is 13.2 Å². The molecule has 2 aromatic carbocycles. The van der Waals surface area contributed by atoms with E-state index >= 15 is 4.39 Å². The van der Waals surface area contributed by atoms with Gasteiger partial charge < -0.3 is 14.2 Å². The van der Waals surface area contributed by atoms with Gasteiger partial charge in [0.2, 0.25) is 15.3 Å². The Morgan fingerprint density at radius 1 is 1.09 bits per heavy atom. The van der Waals surface area contributed by atoms with E-state index in [0.717, 1.165) is 25.9 Å². The van der Waals surface area contributed by atoms with Gasteiger partial charge in [0, 0.05) is 25.8 Å². The predicted molar refractivity (Wildman–Crippen MR) is 132 cm³/mol. The Balaban J connectivity index is 1.89. The monoisotopic (exact) mass is 486 g/mol. The molecule has 8 heteroatoms. The van der Waals surface area contributed by atoms with Crippen molar-refractivity contribution in [1.29, 1.82) is 0 Å². The minimum atomic E-state index is -4.11. The smallest absolute Gasteiger partial charge is 0.211 e. The summed E-state index contributed by atoms with van der Waals surface area (Å²) in [6.45, 7) is 8.28. The third-order valence-corrected chi connectivity index (χ3v) is 8.21. The molecule has 1 aromatic heterocycles. The van der Waals surface area contributed by atoms with Crippen molar-refractivity contribution >= 4 is 26.4 Å². The van der Waals surface area contributed by atoms with Crippen molar-refractivity contribution in [2.75, 3.05) is 25.1 Å². The highest BCUT2D eigenvalue weighted by molar-refractivity contribution is 7.91. The van der Waals surface area contributed by atoms with Crippen LogP contribution in [0.2, 0.25) is 0 Å². The third-order valence-electron chi connectivity index (χ3n) is 6.45. The maximum Gasteiger partial charge on any atom is 0.211 e. The van der Waals surface area contributed by atoms with Gasteiger partial charge in [0.05, 0.1) is 28.6 Å². The molecular formula is C26H31FN2O4S. The van der Waals surface area contributed by atoms with Gasteiger partial charge in [-0.15, -0.1) is 0 Å². The summed E-state index contributed by atoms with van der Waals surface area (Å²) in [5, 5.41) is 0.0717. The van der Waals surface area contributed by atoms with E-state index in [-0.39, 0.29) is 15.2 Å². The Kier molecular flexibility index (Phi) is 6.71. The fraction of sp³-hybridized carbons (Fsp3) is 0.423. The van der Waals surface area contributed by atoms with Crippen molar-refractivity contribution in [3.63, 3.8) is 0 Å². The molecule has 1 saturated heterocycles. The van der Waals surface area contributed by atoms with Crippen LogP contribution in [-0.2, 0) is 16.4 Å². The van der Waals surface area contributed by atoms with Crippen LogP contribution >= 0.6 is 0 Å². The van der Waals surface area contributed by atoms with E-state index in [1.54, 1.807) is 10.6 Å². The number of fused-ring (bicyclic) bond motifs is 1. The number of hydrogen-bond donors (Lipinski definition) is 0. The van der Waals surface area contributed by atoms with Crippen LogP contribution < -0.4 is 15.1 Å². The number of piperidine rings is 1. The molecule has 4 rings (SSSR count). The van der Waals surface area contributed by atoms with Gasteiger partial charge >= 0.3 is 0 Å². The number of methoxy groups -OCH3 is 1. The maximum absolute atomic E-state index is 15.3. The molecule has 2 atom stereocenters. The van der Waals surface area contributed by atoms with Crippen LogP contribution in [0.5, 0.6) is 5.75 Å². The molecule has 0 radical (unpaired) electrons. The van der Waals surface area contributed by atoms with Crippen molar-refractivity contribution in [2.45, 2.75) is 49.9 Å². The Hall–Kier alpha value is -2.87. The number of hydrogen-bond acceptors (Lipinski definition) is 5. The van der Waals surface area contributed by atoms with Crippen LogP contribution in [0.3, 0.4) is 0 Å². The molecule has 182 valence electrons. The van der Waals surface area contributed by atoms with Gasteiger partial charge in [-0.3, -0.25) is 4.79 Å². The van der Waals surface area contributed by atoms with E-state index < -0.39 is 21.1 Å². The average Bonchev–Trinajstić information content (AvgIpc) is 2.80. The van der Waals surface area contributed by atoms with Crippen LogP contribution in [0.15, 0.2) is 57.2 Å². The molecule has 6 nitrogen and oxygen atoms in total. The molecule has 0 aliphatic carbocycles. The average molecular weight is 487 g/mol. The molecule has 1 aliphatic rings. The summed E-state index contributed by atoms with van der Waals surface area (Å²) in [6.07, 6.45) is 3.22. The van der Waals surface area contributed by atoms with Crippen molar-refractivity contribution in [3.8, 4) is 5.75 Å². The number of halogens is 1. The molecular weight excluding hydrogens is 455 g/mol. The zero-order valence-electron chi connectivity index (χ0n) is 20.0. The van der Waals surface area contributed by atoms with Gasteiger partial charge in [0.15, 0.2) is 0 Å². The Labute approximate surface area is 199 Å². The van der Waals surface area contributed by atoms with Gasteiger partial charge in [-0.05, 0) is 61.1 Å². The zero-order valence-corrected chi connectivity index (χ0v) is 20.9. The first kappa shape index (κ1) is 24.3. The fourth-order valence-corrected chi connectivity index (χ4v) is 6.34. The number of rotatable bonds is 6. The number of ether oxygens (including phenoxy) is 1. The highest BCUT2D eigenvalue weighted by Gasteiger charge is 2.27. The van der Waals surface area contributed by atoms with Crippen LogP contribution in [0.1, 0.15) is 33.6 Å². The van der Waals surface area contributed by atoms with Crippen LogP contribution in [0.4, 0.5) is 10.1 Å². The predicted octanol–water partition coefficient (Wildman–Crippen LogP) is 4.87. The molecule has 0 N–H and O–H groups in total. The molecule has 1 aliphatic heterocycles. The number of nitrogens with zero attached hydrogens (tertiary/aromatic N) is 2. The van der Waals surface area contributed by atoms with Crippen LogP contribution in [0.25, 0.3) is 10.9 Å². The molecule has 1 fully saturated rings. The van der Waals surface area contributed by atoms with Crippen molar-refractivity contribution in [2.24, 2.45) is 11.8 Å². The van der Waals surface area contributed by atoms with Gasteiger partial charge in [-0.1, -0.05) is 20.8 Å². The first-order chi connectivity index (χ1) is 16.1. The number of pyridine rings is 1. The standard InChI is InChI=1S/C26H31FN2O4S/c1-5-10-28-16-25(34(31,32)20-8-6-19(33-4)7-9-20)26(30)21-12-22(27)24(13-23(21)28)29-14-17(2)11-18(3)15-29/h6-9,12-13,16-18H,5,10-11,14-15H2,1-4H3. The highest BCUT2D eigenvalue weighted by Crippen LogP contribution is 2.32. The maximum atomic E-state index is 15.3. The van der Waals surface area contributed by atoms with E-state index in [2.05, 4.69) is 13.8 Å². The number of benzene rings is 2. The second-order valence-corrected chi connectivity index (χ2v) is 11.3. The molecule has 2 heterocycles. The van der Waals surface area contributed by atoms with Crippen molar-refractivity contribution < 1.29 is 17.5 Å². The summed E-state index contributed by atoms with van der Waals surface area (Å²) >= 11 is 0. The summed E-state index contributed by atoms with van der Waals surface area (Å²) in [4.78, 5) is 15.0. The summed E-state index contributed by atoms with van der Waals surface area (Å²) in [5.41, 5.74) is 0.313. The summed E-state index contributed by atoms with van der Waals surface area (Å²) < 4.78 is 48.9. The van der Waals surface area contributed by atoms with Gasteiger partial charge in [0.25, 0.3) is 0 Å². The quantitative estimate of drug-likeness (QED) is 0.497. The molecule has 0 amide bonds. The van der Waals surface area contributed by atoms with E-state index in [4.69, 9.17) is 4.74 Å². The summed E-state index contributed by atoms with van der Waals surface area (Å²) in [6, 6.07) is 8.79. The largest absolute Gasteiger partial charge is 0.497 e. The lowest BCUT2D eigenvalue weighted by atomic mass is 9.91. The zero-order chi connectivity index (χ0) is 24.6. The topological polar surface area (TPSA) is 68.6 Å². The fourth-order valence-electron chi connectivity index (χ4n) is 4.97. The van der Waals surface area contributed by atoms with Gasteiger partial charge in [-0.2, -0.15) is 0 Å². The molecule has 0 spiro atoms. The summed E-state index contributed by atoms with van der Waals surface area (Å²) in [5.74, 6) is 0.882. The number of aromatic nitrogens is 1. The molecule has 0 bridgehead atoms. The molecule has 2 unspecified atom stereocenters. The molecule has 34 heavy (non-hydrogen) atoms. The van der Waals surface area contributed by atoms with Crippen molar-refractivity contribution in [1.82, 2.24) is 4.57 Å². The lowest BCUT2D eigenvalue weighted by molar-refractivity contribution is 0.354. The van der Waals surface area contributed by atoms with E-state index in [1.807, 2.05) is 11.8 Å². The third kappa shape index (κ3) is 4.43. The second kappa shape index (κ2) is 9.41. The molecule has 0 saturated carbocycles. The minimum absolute atomic E-state index is 0.0128. The lowest BCUT2D eigenvalue weighted by Crippen LogP contribution is -2.39. The Morgan fingerprint density at radius 2 is 1.74 bits per heavy atom. The second-order valence-electron chi connectivity index (χ2n) is 9.37. The number of sulfone groups is 1. The van der Waals surface area contributed by atoms with Gasteiger partial charge in [0.1, 0.15) is 16.5 Å². The lowest BCUT2D eigenvalue weighted by Gasteiger charge is -2.37. The number of aryl methyl sites for hydroxylation is 1. The Bertz CT molecular complexity index is 1360. The van der Waals surface area contributed by atoms with Crippen molar-refractivity contribution in [3.05, 3.63) is 58.6 Å². The van der Waals surface area contributed by atoms with E-state index in [1.165, 1.54) is 43.6 Å². The SMILES string of the molecule is CCCn1cc(S(=O)(=O)c2ccc(OC)cc2)c(=O)c2cc(F)c(N3CC(C)CC(C)C3)cc21. The Morgan fingerprint density at radius 3 is 2.32 bits per heavy atom. The van der Waals surface area contributed by atoms with Crippen LogP contribution in [-0.4, -0.2) is 33.2 Å². The molecule has 3 aromatic rings. The van der Waals surface area contributed by atoms with Gasteiger partial charge in [-0.25, -0.2) is 12.8 Å². The van der Waals surface area contributed by atoms with Crippen LogP contribution in [0, 0.1) is 17.7 Å². The summed E-state index contributed by atoms with van der Waals surface area (Å²) in [7, 11) is -2.62.